The molecular formula is C29H34N2. The number of para-hydroxylation sites is 3. The van der Waals surface area contributed by atoms with Gasteiger partial charge in [-0.1, -0.05) is 103 Å². The Morgan fingerprint density at radius 1 is 0.710 bits per heavy atom. The van der Waals surface area contributed by atoms with Gasteiger partial charge < -0.3 is 0 Å². The van der Waals surface area contributed by atoms with Crippen molar-refractivity contribution in [3.63, 3.8) is 0 Å². The molecule has 0 saturated carbocycles. The standard InChI is InChI=1S/C29H34N2/c1-19(2)23-11-10-12-24(20(3)4)27(23)31-26-14-9-8-13-25(26)30-28(31)21-15-17-22(18-16-21)29(5,6)7/h8-20H,1-7H3. The molecule has 2 heteroatoms. The van der Waals surface area contributed by atoms with E-state index in [0.717, 1.165) is 22.4 Å². The maximum atomic E-state index is 5.12. The van der Waals surface area contributed by atoms with Crippen molar-refractivity contribution >= 4 is 11.0 Å². The third-order valence-electron chi connectivity index (χ3n) is 6.14. The molecule has 0 atom stereocenters. The average Bonchev–Trinajstić information content (AvgIpc) is 3.11. The van der Waals surface area contributed by atoms with E-state index in [-0.39, 0.29) is 5.41 Å². The fraction of sp³-hybridized carbons (Fsp3) is 0.345. The van der Waals surface area contributed by atoms with E-state index < -0.39 is 0 Å². The minimum Gasteiger partial charge on any atom is -0.292 e. The van der Waals surface area contributed by atoms with Crippen LogP contribution in [0.15, 0.2) is 66.7 Å². The van der Waals surface area contributed by atoms with Crippen molar-refractivity contribution in [2.75, 3.05) is 0 Å². The quantitative estimate of drug-likeness (QED) is 0.331. The number of fused-ring (bicyclic) bond motifs is 1. The van der Waals surface area contributed by atoms with E-state index >= 15 is 0 Å². The average molecular weight is 411 g/mol. The monoisotopic (exact) mass is 410 g/mol. The van der Waals surface area contributed by atoms with Gasteiger partial charge in [-0.05, 0) is 46.1 Å². The number of rotatable bonds is 4. The predicted octanol–water partition coefficient (Wildman–Crippen LogP) is 8.24. The topological polar surface area (TPSA) is 17.8 Å². The van der Waals surface area contributed by atoms with Gasteiger partial charge in [-0.15, -0.1) is 0 Å². The zero-order valence-corrected chi connectivity index (χ0v) is 19.9. The molecule has 4 aromatic rings. The Balaban J connectivity index is 2.05. The minimum atomic E-state index is 0.133. The molecule has 0 amide bonds. The lowest BCUT2D eigenvalue weighted by molar-refractivity contribution is 0.590. The van der Waals surface area contributed by atoms with Gasteiger partial charge in [0.25, 0.3) is 0 Å². The summed E-state index contributed by atoms with van der Waals surface area (Å²) in [5, 5.41) is 0. The molecule has 0 saturated heterocycles. The molecule has 0 radical (unpaired) electrons. The highest BCUT2D eigenvalue weighted by molar-refractivity contribution is 5.84. The van der Waals surface area contributed by atoms with Crippen molar-refractivity contribution in [1.29, 1.82) is 0 Å². The number of aromatic nitrogens is 2. The Morgan fingerprint density at radius 3 is 1.84 bits per heavy atom. The van der Waals surface area contributed by atoms with Crippen LogP contribution in [0, 0.1) is 0 Å². The summed E-state index contributed by atoms with van der Waals surface area (Å²) in [4.78, 5) is 5.12. The van der Waals surface area contributed by atoms with Gasteiger partial charge in [-0.25, -0.2) is 4.98 Å². The lowest BCUT2D eigenvalue weighted by Crippen LogP contribution is -2.11. The second-order valence-electron chi connectivity index (χ2n) is 10.2. The Bertz CT molecular complexity index is 1180. The highest BCUT2D eigenvalue weighted by Crippen LogP contribution is 2.37. The first kappa shape index (κ1) is 21.4. The minimum absolute atomic E-state index is 0.133. The lowest BCUT2D eigenvalue weighted by Gasteiger charge is -2.23. The summed E-state index contributed by atoms with van der Waals surface area (Å²) < 4.78 is 2.39. The Kier molecular flexibility index (Phi) is 5.51. The molecule has 31 heavy (non-hydrogen) atoms. The first-order valence-electron chi connectivity index (χ1n) is 11.4. The van der Waals surface area contributed by atoms with E-state index in [2.05, 4.69) is 120 Å². The van der Waals surface area contributed by atoms with Crippen molar-refractivity contribution in [2.45, 2.75) is 65.7 Å². The van der Waals surface area contributed by atoms with Gasteiger partial charge in [0.2, 0.25) is 0 Å². The Hall–Kier alpha value is -2.87. The van der Waals surface area contributed by atoms with Crippen molar-refractivity contribution in [1.82, 2.24) is 9.55 Å². The van der Waals surface area contributed by atoms with Gasteiger partial charge in [0.1, 0.15) is 5.82 Å². The molecule has 0 bridgehead atoms. The van der Waals surface area contributed by atoms with Crippen LogP contribution < -0.4 is 0 Å². The summed E-state index contributed by atoms with van der Waals surface area (Å²) in [6.07, 6.45) is 0. The molecule has 0 fully saturated rings. The van der Waals surface area contributed by atoms with E-state index in [1.54, 1.807) is 0 Å². The van der Waals surface area contributed by atoms with E-state index in [1.807, 2.05) is 0 Å². The van der Waals surface area contributed by atoms with Crippen molar-refractivity contribution in [3.8, 4) is 17.1 Å². The summed E-state index contributed by atoms with van der Waals surface area (Å²) in [5.74, 6) is 1.86. The van der Waals surface area contributed by atoms with Crippen molar-refractivity contribution < 1.29 is 0 Å². The molecule has 4 rings (SSSR count). The molecule has 0 spiro atoms. The van der Waals surface area contributed by atoms with Crippen molar-refractivity contribution in [3.05, 3.63) is 83.4 Å². The second kappa shape index (κ2) is 8.00. The molecule has 2 nitrogen and oxygen atoms in total. The highest BCUT2D eigenvalue weighted by Gasteiger charge is 2.22. The van der Waals surface area contributed by atoms with E-state index in [0.29, 0.717) is 11.8 Å². The SMILES string of the molecule is CC(C)c1cccc(C(C)C)c1-n1c(-c2ccc(C(C)(C)C)cc2)nc2ccccc21. The fourth-order valence-electron chi connectivity index (χ4n) is 4.34. The first-order chi connectivity index (χ1) is 14.7. The molecule has 1 aromatic heterocycles. The fourth-order valence-corrected chi connectivity index (χ4v) is 4.34. The van der Waals surface area contributed by atoms with Gasteiger partial charge in [-0.3, -0.25) is 4.57 Å². The first-order valence-corrected chi connectivity index (χ1v) is 11.4. The van der Waals surface area contributed by atoms with Gasteiger partial charge in [0.05, 0.1) is 16.7 Å². The molecule has 0 N–H and O–H groups in total. The maximum absolute atomic E-state index is 5.12. The number of nitrogens with zero attached hydrogens (tertiary/aromatic N) is 2. The zero-order valence-electron chi connectivity index (χ0n) is 19.9. The van der Waals surface area contributed by atoms with Crippen LogP contribution in [0.4, 0.5) is 0 Å². The number of hydrogen-bond donors (Lipinski definition) is 0. The molecule has 1 heterocycles. The van der Waals surface area contributed by atoms with Crippen LogP contribution in [0.5, 0.6) is 0 Å². The largest absolute Gasteiger partial charge is 0.292 e. The van der Waals surface area contributed by atoms with Crippen molar-refractivity contribution in [2.24, 2.45) is 0 Å². The lowest BCUT2D eigenvalue weighted by atomic mass is 9.86. The molecule has 160 valence electrons. The van der Waals surface area contributed by atoms with Gasteiger partial charge in [0.15, 0.2) is 0 Å². The van der Waals surface area contributed by atoms with Crippen LogP contribution in [0.2, 0.25) is 0 Å². The normalized spacial score (nSPS) is 12.3. The number of benzene rings is 3. The summed E-state index contributed by atoms with van der Waals surface area (Å²) >= 11 is 0. The molecule has 0 aliphatic rings. The summed E-state index contributed by atoms with van der Waals surface area (Å²) in [5.41, 5.74) is 8.83. The zero-order chi connectivity index (χ0) is 22.3. The Labute approximate surface area is 187 Å². The molecule has 0 aliphatic carbocycles. The van der Waals surface area contributed by atoms with Gasteiger partial charge in [-0.2, -0.15) is 0 Å². The second-order valence-corrected chi connectivity index (χ2v) is 10.2. The highest BCUT2D eigenvalue weighted by atomic mass is 15.1. The van der Waals surface area contributed by atoms with Crippen LogP contribution in [0.1, 0.15) is 77.0 Å². The summed E-state index contributed by atoms with van der Waals surface area (Å²) in [6.45, 7) is 15.9. The van der Waals surface area contributed by atoms with Crippen LogP contribution in [0.25, 0.3) is 28.1 Å². The molecule has 0 unspecified atom stereocenters. The number of hydrogen-bond acceptors (Lipinski definition) is 1. The third kappa shape index (κ3) is 3.92. The van der Waals surface area contributed by atoms with Crippen LogP contribution in [-0.2, 0) is 5.41 Å². The molecular weight excluding hydrogens is 376 g/mol. The molecule has 3 aromatic carbocycles. The number of imidazole rings is 1. The van der Waals surface area contributed by atoms with Crippen LogP contribution >= 0.6 is 0 Å². The van der Waals surface area contributed by atoms with Crippen LogP contribution in [0.3, 0.4) is 0 Å². The van der Waals surface area contributed by atoms with E-state index in [9.17, 15) is 0 Å². The van der Waals surface area contributed by atoms with Gasteiger partial charge >= 0.3 is 0 Å². The van der Waals surface area contributed by atoms with Crippen LogP contribution in [-0.4, -0.2) is 9.55 Å². The van der Waals surface area contributed by atoms with E-state index in [4.69, 9.17) is 4.98 Å². The molecule has 0 aliphatic heterocycles. The maximum Gasteiger partial charge on any atom is 0.145 e. The van der Waals surface area contributed by atoms with Gasteiger partial charge in [0, 0.05) is 5.56 Å². The summed E-state index contributed by atoms with van der Waals surface area (Å²) in [7, 11) is 0. The smallest absolute Gasteiger partial charge is 0.145 e. The Morgan fingerprint density at radius 2 is 1.29 bits per heavy atom. The summed E-state index contributed by atoms with van der Waals surface area (Å²) in [6, 6.07) is 24.2. The predicted molar refractivity (Wildman–Crippen MR) is 133 cm³/mol. The van der Waals surface area contributed by atoms with E-state index in [1.165, 1.54) is 22.4 Å². The third-order valence-corrected chi connectivity index (χ3v) is 6.14.